The van der Waals surface area contributed by atoms with Crippen molar-refractivity contribution in [2.24, 2.45) is 0 Å². The van der Waals surface area contributed by atoms with E-state index in [0.29, 0.717) is 47.6 Å². The number of sulfonamides is 1. The number of rotatable bonds is 6. The molecule has 8 nitrogen and oxygen atoms in total. The predicted octanol–water partition coefficient (Wildman–Crippen LogP) is 6.19. The van der Waals surface area contributed by atoms with Crippen molar-refractivity contribution < 1.29 is 27.8 Å². The predicted molar refractivity (Wildman–Crippen MR) is 136 cm³/mol. The van der Waals surface area contributed by atoms with E-state index >= 15 is 0 Å². The number of benzene rings is 1. The normalized spacial score (nSPS) is 17.3. The van der Waals surface area contributed by atoms with Crippen LogP contribution in [0.25, 0.3) is 16.9 Å². The second-order valence-electron chi connectivity index (χ2n) is 9.10. The zero-order chi connectivity index (χ0) is 28.1. The lowest BCUT2D eigenvalue weighted by Crippen LogP contribution is -2.42. The number of nitrogens with zero attached hydrogens (tertiary/aromatic N) is 5. The quantitative estimate of drug-likeness (QED) is 0.271. The van der Waals surface area contributed by atoms with E-state index in [4.69, 9.17) is 0 Å². The zero-order valence-electron chi connectivity index (χ0n) is 20.0. The molecule has 1 N–H and O–H groups in total. The average Bonchev–Trinajstić information content (AvgIpc) is 3.30. The maximum Gasteiger partial charge on any atom is 0.310 e. The molecule has 0 radical (unpaired) electrons. The summed E-state index contributed by atoms with van der Waals surface area (Å²) in [6, 6.07) is 10.9. The highest BCUT2D eigenvalue weighted by Gasteiger charge is 2.65. The van der Waals surface area contributed by atoms with E-state index in [1.165, 1.54) is 22.8 Å². The van der Waals surface area contributed by atoms with Crippen LogP contribution in [0.3, 0.4) is 0 Å². The van der Waals surface area contributed by atoms with Gasteiger partial charge >= 0.3 is 10.2 Å². The molecule has 39 heavy (non-hydrogen) atoms. The fourth-order valence-electron chi connectivity index (χ4n) is 4.35. The molecule has 0 spiro atoms. The van der Waals surface area contributed by atoms with Gasteiger partial charge in [0.2, 0.25) is 10.0 Å². The summed E-state index contributed by atoms with van der Waals surface area (Å²) in [5.41, 5.74) is 2.35. The summed E-state index contributed by atoms with van der Waals surface area (Å²) in [5.74, 6) is 0. The van der Waals surface area contributed by atoms with Crippen molar-refractivity contribution in [3.63, 3.8) is 0 Å². The van der Waals surface area contributed by atoms with Crippen molar-refractivity contribution in [3.8, 4) is 17.3 Å². The lowest BCUT2D eigenvalue weighted by Gasteiger charge is -2.40. The van der Waals surface area contributed by atoms with E-state index in [9.17, 15) is 33.1 Å². The molecule has 1 aromatic carbocycles. The monoisotopic (exact) mass is 584 g/mol. The highest BCUT2D eigenvalue weighted by Crippen LogP contribution is 3.02. The largest absolute Gasteiger partial charge is 0.382 e. The van der Waals surface area contributed by atoms with Gasteiger partial charge in [0.05, 0.1) is 11.9 Å². The van der Waals surface area contributed by atoms with Gasteiger partial charge in [-0.2, -0.15) is 9.57 Å². The number of anilines is 1. The van der Waals surface area contributed by atoms with Crippen LogP contribution in [0.2, 0.25) is 0 Å². The summed E-state index contributed by atoms with van der Waals surface area (Å²) in [6.07, 6.45) is 5.13. The first-order chi connectivity index (χ1) is 18.1. The smallest absolute Gasteiger partial charge is 0.310 e. The molecule has 0 unspecified atom stereocenters. The molecule has 0 bridgehead atoms. The minimum absolute atomic E-state index is 0.00525. The van der Waals surface area contributed by atoms with Crippen LogP contribution in [-0.4, -0.2) is 46.2 Å². The summed E-state index contributed by atoms with van der Waals surface area (Å²) in [4.78, 5) is 6.47. The first-order valence-corrected chi connectivity index (χ1v) is 15.0. The minimum Gasteiger partial charge on any atom is -0.382 e. The Morgan fingerprint density at radius 1 is 0.923 bits per heavy atom. The van der Waals surface area contributed by atoms with Gasteiger partial charge in [-0.25, -0.2) is 13.4 Å². The van der Waals surface area contributed by atoms with Crippen molar-refractivity contribution in [1.29, 1.82) is 5.26 Å². The summed E-state index contributed by atoms with van der Waals surface area (Å²) in [5, 5.41) is 12.2. The minimum atomic E-state index is -9.74. The molecule has 0 amide bonds. The van der Waals surface area contributed by atoms with Crippen molar-refractivity contribution >= 4 is 31.6 Å². The van der Waals surface area contributed by atoms with Crippen LogP contribution in [-0.2, 0) is 10.0 Å². The molecule has 15 heteroatoms. The van der Waals surface area contributed by atoms with Gasteiger partial charge in [-0.15, -0.1) is 0 Å². The molecule has 206 valence electrons. The Labute approximate surface area is 220 Å². The number of piperidine rings is 1. The summed E-state index contributed by atoms with van der Waals surface area (Å²) < 4.78 is 93.8. The molecule has 3 aromatic heterocycles. The topological polar surface area (TPSA) is 103 Å². The molecule has 1 saturated heterocycles. The number of imidazole rings is 1. The van der Waals surface area contributed by atoms with Gasteiger partial charge in [0.25, 0.3) is 0 Å². The van der Waals surface area contributed by atoms with Gasteiger partial charge in [-0.3, -0.25) is 9.38 Å². The van der Waals surface area contributed by atoms with E-state index in [2.05, 4.69) is 15.3 Å². The molecule has 1 aliphatic heterocycles. The molecule has 5 rings (SSSR count). The van der Waals surface area contributed by atoms with Gasteiger partial charge in [0, 0.05) is 42.8 Å². The number of aromatic nitrogens is 3. The number of nitriles is 1. The van der Waals surface area contributed by atoms with E-state index in [-0.39, 0.29) is 29.7 Å². The van der Waals surface area contributed by atoms with Crippen molar-refractivity contribution in [2.75, 3.05) is 18.4 Å². The zero-order valence-corrected chi connectivity index (χ0v) is 21.6. The van der Waals surface area contributed by atoms with E-state index in [1.54, 1.807) is 28.8 Å². The molecule has 4 heterocycles. The Bertz CT molecular complexity index is 1690. The number of hydrogen-bond acceptors (Lipinski definition) is 6. The van der Waals surface area contributed by atoms with Gasteiger partial charge in [0.15, 0.2) is 0 Å². The van der Waals surface area contributed by atoms with Crippen LogP contribution in [0.4, 0.5) is 25.1 Å². The molecule has 0 saturated carbocycles. The standard InChI is InChI=1S/C24H21F5N6O2S2/c25-39(26,27,28,29)22-5-2-18(3-6-22)33-19-9-11-34(12-10-19)38(36,37)21-4-7-23(31-15-21)17-1-8-24-32-14-20(13-30)35(24)16-17/h1-8,14-16,19,33H,9-12H2. The number of pyridine rings is 2. The molecule has 0 atom stereocenters. The highest BCUT2D eigenvalue weighted by atomic mass is 32.5. The number of halogens is 5. The molecule has 1 aliphatic rings. The van der Waals surface area contributed by atoms with Crippen LogP contribution in [0.5, 0.6) is 0 Å². The summed E-state index contributed by atoms with van der Waals surface area (Å²) >= 11 is 0. The van der Waals surface area contributed by atoms with Crippen LogP contribution < -0.4 is 5.32 Å². The number of fused-ring (bicyclic) bond motifs is 1. The molecule has 1 fully saturated rings. The van der Waals surface area contributed by atoms with Crippen LogP contribution >= 0.6 is 10.2 Å². The lowest BCUT2D eigenvalue weighted by atomic mass is 10.1. The fourth-order valence-corrected chi connectivity index (χ4v) is 6.42. The van der Waals surface area contributed by atoms with Gasteiger partial charge in [0.1, 0.15) is 27.2 Å². The third-order valence-corrected chi connectivity index (χ3v) is 9.46. The maximum absolute atomic E-state index is 13.2. The third-order valence-electron chi connectivity index (χ3n) is 6.41. The Morgan fingerprint density at radius 3 is 2.21 bits per heavy atom. The van der Waals surface area contributed by atoms with Crippen molar-refractivity contribution in [1.82, 2.24) is 18.7 Å². The van der Waals surface area contributed by atoms with Crippen molar-refractivity contribution in [2.45, 2.75) is 28.7 Å². The Hall–Kier alpha value is -3.74. The Balaban J connectivity index is 1.23. The van der Waals surface area contributed by atoms with Crippen LogP contribution in [0.1, 0.15) is 18.5 Å². The SMILES string of the molecule is N#Cc1cnc2ccc(-c3ccc(S(=O)(=O)N4CCC(Nc5ccc(S(F)(F)(F)(F)F)cc5)CC4)cn3)cn12. The van der Waals surface area contributed by atoms with Crippen LogP contribution in [0, 0.1) is 11.3 Å². The number of hydrogen-bond donors (Lipinski definition) is 1. The lowest BCUT2D eigenvalue weighted by molar-refractivity contribution is 0.329. The van der Waals surface area contributed by atoms with E-state index in [0.717, 1.165) is 12.1 Å². The maximum atomic E-state index is 13.2. The molecule has 4 aromatic rings. The van der Waals surface area contributed by atoms with Crippen LogP contribution in [0.15, 0.2) is 76.9 Å². The first kappa shape index (κ1) is 26.9. The second-order valence-corrected chi connectivity index (χ2v) is 13.4. The van der Waals surface area contributed by atoms with Gasteiger partial charge in [-0.05, 0) is 61.4 Å². The molecular formula is C24H21F5N6O2S2. The number of nitrogens with one attached hydrogen (secondary N) is 1. The first-order valence-electron chi connectivity index (χ1n) is 11.6. The van der Waals surface area contributed by atoms with Gasteiger partial charge < -0.3 is 5.32 Å². The Morgan fingerprint density at radius 2 is 1.62 bits per heavy atom. The fraction of sp³-hybridized carbons (Fsp3) is 0.208. The summed E-state index contributed by atoms with van der Waals surface area (Å²) in [6.45, 7) is 0.305. The van der Waals surface area contributed by atoms with E-state index in [1.807, 2.05) is 6.07 Å². The van der Waals surface area contributed by atoms with Crippen molar-refractivity contribution in [3.05, 3.63) is 72.8 Å². The van der Waals surface area contributed by atoms with Gasteiger partial charge in [-0.1, -0.05) is 19.4 Å². The second kappa shape index (κ2) is 8.63. The molecular weight excluding hydrogens is 563 g/mol. The highest BCUT2D eigenvalue weighted by molar-refractivity contribution is 8.45. The third kappa shape index (κ3) is 5.54. The molecule has 0 aliphatic carbocycles. The summed E-state index contributed by atoms with van der Waals surface area (Å²) in [7, 11) is -13.6. The Kier molecular flexibility index (Phi) is 5.94. The van der Waals surface area contributed by atoms with E-state index < -0.39 is 25.1 Å². The average molecular weight is 585 g/mol.